The Kier molecular flexibility index (Phi) is 3.58. The summed E-state index contributed by atoms with van der Waals surface area (Å²) >= 11 is 9.23. The molecule has 0 heterocycles. The molecule has 0 N–H and O–H groups in total. The normalized spacial score (nSPS) is 9.38. The standard InChI is InChI=1S/C9H7BrClNO/c1-13-9-5-8(11)6(2-3-12)4-7(9)10/h4-5H,2H2,1H3. The molecule has 0 aliphatic heterocycles. The number of halogens is 2. The first-order valence-corrected chi connectivity index (χ1v) is 4.75. The maximum atomic E-state index is 8.51. The summed E-state index contributed by atoms with van der Waals surface area (Å²) in [4.78, 5) is 0. The number of nitrogens with zero attached hydrogens (tertiary/aromatic N) is 1. The maximum Gasteiger partial charge on any atom is 0.134 e. The van der Waals surface area contributed by atoms with Gasteiger partial charge in [0.1, 0.15) is 5.75 Å². The molecule has 0 aliphatic carbocycles. The number of methoxy groups -OCH3 is 1. The molecule has 2 nitrogen and oxygen atoms in total. The van der Waals surface area contributed by atoms with Crippen molar-refractivity contribution in [3.05, 3.63) is 27.2 Å². The van der Waals surface area contributed by atoms with Crippen LogP contribution >= 0.6 is 27.5 Å². The monoisotopic (exact) mass is 259 g/mol. The molecule has 0 unspecified atom stereocenters. The predicted octanol–water partition coefficient (Wildman–Crippen LogP) is 3.18. The van der Waals surface area contributed by atoms with Gasteiger partial charge in [-0.3, -0.25) is 0 Å². The molecule has 0 saturated heterocycles. The molecule has 0 spiro atoms. The lowest BCUT2D eigenvalue weighted by molar-refractivity contribution is 0.412. The molecule has 4 heteroatoms. The van der Waals surface area contributed by atoms with Crippen LogP contribution in [0.1, 0.15) is 5.56 Å². The number of benzene rings is 1. The van der Waals surface area contributed by atoms with Gasteiger partial charge in [0.25, 0.3) is 0 Å². The van der Waals surface area contributed by atoms with Gasteiger partial charge in [0, 0.05) is 11.1 Å². The summed E-state index contributed by atoms with van der Waals surface area (Å²) in [5.74, 6) is 0.673. The predicted molar refractivity (Wildman–Crippen MR) is 55.0 cm³/mol. The van der Waals surface area contributed by atoms with Crippen molar-refractivity contribution in [3.8, 4) is 11.8 Å². The summed E-state index contributed by atoms with van der Waals surface area (Å²) in [5.41, 5.74) is 0.803. The minimum atomic E-state index is 0.307. The third-order valence-corrected chi connectivity index (χ3v) is 2.56. The molecule has 68 valence electrons. The number of hydrogen-bond donors (Lipinski definition) is 0. The lowest BCUT2D eigenvalue weighted by Gasteiger charge is -2.06. The zero-order valence-corrected chi connectivity index (χ0v) is 9.32. The highest BCUT2D eigenvalue weighted by Crippen LogP contribution is 2.31. The Hall–Kier alpha value is -0.720. The van der Waals surface area contributed by atoms with Gasteiger partial charge in [-0.05, 0) is 27.6 Å². The highest BCUT2D eigenvalue weighted by molar-refractivity contribution is 9.10. The Balaban J connectivity index is 3.14. The van der Waals surface area contributed by atoms with Gasteiger partial charge >= 0.3 is 0 Å². The molecule has 0 atom stereocenters. The molecule has 0 saturated carbocycles. The van der Waals surface area contributed by atoms with E-state index in [1.807, 2.05) is 6.07 Å². The number of ether oxygens (including phenoxy) is 1. The van der Waals surface area contributed by atoms with Crippen LogP contribution in [0.2, 0.25) is 5.02 Å². The first-order chi connectivity index (χ1) is 6.19. The fraction of sp³-hybridized carbons (Fsp3) is 0.222. The zero-order valence-electron chi connectivity index (χ0n) is 6.97. The largest absolute Gasteiger partial charge is 0.496 e. The second kappa shape index (κ2) is 4.50. The van der Waals surface area contributed by atoms with Gasteiger partial charge < -0.3 is 4.74 Å². The fourth-order valence-corrected chi connectivity index (χ4v) is 1.72. The number of rotatable bonds is 2. The SMILES string of the molecule is COc1cc(Cl)c(CC#N)cc1Br. The van der Waals surface area contributed by atoms with Crippen molar-refractivity contribution in [1.29, 1.82) is 5.26 Å². The van der Waals surface area contributed by atoms with Gasteiger partial charge in [-0.2, -0.15) is 5.26 Å². The van der Waals surface area contributed by atoms with Crippen LogP contribution in [0.5, 0.6) is 5.75 Å². The molecular weight excluding hydrogens is 253 g/mol. The van der Waals surface area contributed by atoms with Gasteiger partial charge in [-0.15, -0.1) is 0 Å². The third kappa shape index (κ3) is 2.36. The quantitative estimate of drug-likeness (QED) is 0.818. The average Bonchev–Trinajstić information content (AvgIpc) is 2.11. The Labute approximate surface area is 90.2 Å². The molecule has 0 aromatic heterocycles. The molecule has 1 rings (SSSR count). The molecule has 1 aromatic carbocycles. The fourth-order valence-electron chi connectivity index (χ4n) is 0.947. The van der Waals surface area contributed by atoms with Crippen molar-refractivity contribution < 1.29 is 4.74 Å². The Morgan fingerprint density at radius 1 is 1.62 bits per heavy atom. The van der Waals surface area contributed by atoms with E-state index in [2.05, 4.69) is 15.9 Å². The van der Waals surface area contributed by atoms with Crippen molar-refractivity contribution in [2.45, 2.75) is 6.42 Å². The van der Waals surface area contributed by atoms with Crippen molar-refractivity contribution in [2.24, 2.45) is 0 Å². The molecule has 0 radical (unpaired) electrons. The molecule has 0 fully saturated rings. The zero-order chi connectivity index (χ0) is 9.84. The summed E-state index contributed by atoms with van der Waals surface area (Å²) in [6.45, 7) is 0. The second-order valence-corrected chi connectivity index (χ2v) is 3.67. The summed E-state index contributed by atoms with van der Waals surface area (Å²) < 4.78 is 5.85. The van der Waals surface area contributed by atoms with Crippen LogP contribution < -0.4 is 4.74 Å². The van der Waals surface area contributed by atoms with Crippen LogP contribution in [0.15, 0.2) is 16.6 Å². The van der Waals surface area contributed by atoms with E-state index >= 15 is 0 Å². The molecule has 0 amide bonds. The summed E-state index contributed by atoms with van der Waals surface area (Å²) in [6, 6.07) is 5.53. The Bertz CT molecular complexity index is 359. The van der Waals surface area contributed by atoms with Gasteiger partial charge in [0.15, 0.2) is 0 Å². The van der Waals surface area contributed by atoms with Gasteiger partial charge in [0.2, 0.25) is 0 Å². The minimum Gasteiger partial charge on any atom is -0.496 e. The average molecular weight is 261 g/mol. The van der Waals surface area contributed by atoms with E-state index in [1.54, 1.807) is 19.2 Å². The van der Waals surface area contributed by atoms with Crippen LogP contribution in [-0.2, 0) is 6.42 Å². The topological polar surface area (TPSA) is 33.0 Å². The van der Waals surface area contributed by atoms with E-state index in [0.29, 0.717) is 17.2 Å². The van der Waals surface area contributed by atoms with E-state index in [9.17, 15) is 0 Å². The Morgan fingerprint density at radius 2 is 2.31 bits per heavy atom. The van der Waals surface area contributed by atoms with Crippen LogP contribution in [0.3, 0.4) is 0 Å². The molecule has 13 heavy (non-hydrogen) atoms. The molecule has 0 aliphatic rings. The number of hydrogen-bond acceptors (Lipinski definition) is 2. The summed E-state index contributed by atoms with van der Waals surface area (Å²) in [7, 11) is 1.57. The van der Waals surface area contributed by atoms with Gasteiger partial charge in [-0.25, -0.2) is 0 Å². The van der Waals surface area contributed by atoms with Crippen molar-refractivity contribution in [3.63, 3.8) is 0 Å². The summed E-state index contributed by atoms with van der Waals surface area (Å²) in [5, 5.41) is 9.06. The van der Waals surface area contributed by atoms with Crippen LogP contribution in [0.4, 0.5) is 0 Å². The minimum absolute atomic E-state index is 0.307. The van der Waals surface area contributed by atoms with Crippen LogP contribution in [0, 0.1) is 11.3 Å². The van der Waals surface area contributed by atoms with Crippen molar-refractivity contribution >= 4 is 27.5 Å². The van der Waals surface area contributed by atoms with E-state index in [4.69, 9.17) is 21.6 Å². The van der Waals surface area contributed by atoms with Crippen molar-refractivity contribution in [2.75, 3.05) is 7.11 Å². The second-order valence-electron chi connectivity index (χ2n) is 2.41. The smallest absolute Gasteiger partial charge is 0.134 e. The lowest BCUT2D eigenvalue weighted by atomic mass is 10.1. The lowest BCUT2D eigenvalue weighted by Crippen LogP contribution is -1.89. The third-order valence-electron chi connectivity index (χ3n) is 1.59. The van der Waals surface area contributed by atoms with E-state index < -0.39 is 0 Å². The van der Waals surface area contributed by atoms with Crippen molar-refractivity contribution in [1.82, 2.24) is 0 Å². The first-order valence-electron chi connectivity index (χ1n) is 3.58. The van der Waals surface area contributed by atoms with E-state index in [1.165, 1.54) is 0 Å². The summed E-state index contributed by atoms with van der Waals surface area (Å²) in [6.07, 6.45) is 0.307. The maximum absolute atomic E-state index is 8.51. The van der Waals surface area contributed by atoms with Gasteiger partial charge in [0.05, 0.1) is 24.1 Å². The molecular formula is C9H7BrClNO. The first kappa shape index (κ1) is 10.4. The highest BCUT2D eigenvalue weighted by Gasteiger charge is 2.06. The highest BCUT2D eigenvalue weighted by atomic mass is 79.9. The Morgan fingerprint density at radius 3 is 2.85 bits per heavy atom. The molecule has 1 aromatic rings. The molecule has 0 bridgehead atoms. The van der Waals surface area contributed by atoms with Gasteiger partial charge in [-0.1, -0.05) is 11.6 Å². The number of nitriles is 1. The van der Waals surface area contributed by atoms with E-state index in [-0.39, 0.29) is 0 Å². The van der Waals surface area contributed by atoms with E-state index in [0.717, 1.165) is 10.0 Å². The van der Waals surface area contributed by atoms with Crippen LogP contribution in [-0.4, -0.2) is 7.11 Å². The van der Waals surface area contributed by atoms with Crippen LogP contribution in [0.25, 0.3) is 0 Å².